The van der Waals surface area contributed by atoms with Crippen LogP contribution in [0.3, 0.4) is 0 Å². The van der Waals surface area contributed by atoms with Crippen LogP contribution in [0, 0.1) is 0 Å². The molecule has 2 N–H and O–H groups in total. The van der Waals surface area contributed by atoms with Crippen LogP contribution in [0.5, 0.6) is 0 Å². The number of aromatic nitrogens is 2. The van der Waals surface area contributed by atoms with Crippen molar-refractivity contribution in [1.29, 1.82) is 0 Å². The molecule has 0 amide bonds. The minimum Gasteiger partial charge on any atom is -0.307 e. The molecular formula is C26H28N4. The fourth-order valence-corrected chi connectivity index (χ4v) is 4.54. The first-order chi connectivity index (χ1) is 14.8. The van der Waals surface area contributed by atoms with E-state index in [9.17, 15) is 0 Å². The van der Waals surface area contributed by atoms with Crippen molar-refractivity contribution >= 4 is 21.5 Å². The Morgan fingerprint density at radius 2 is 1.07 bits per heavy atom. The van der Waals surface area contributed by atoms with Gasteiger partial charge in [-0.3, -0.25) is 9.97 Å². The maximum Gasteiger partial charge on any atom is 0.0548 e. The zero-order valence-corrected chi connectivity index (χ0v) is 17.2. The normalized spacial score (nSPS) is 19.3. The van der Waals surface area contributed by atoms with Gasteiger partial charge < -0.3 is 10.6 Å². The van der Waals surface area contributed by atoms with Crippen LogP contribution in [0.4, 0.5) is 0 Å². The largest absolute Gasteiger partial charge is 0.307 e. The smallest absolute Gasteiger partial charge is 0.0548 e. The molecule has 4 heteroatoms. The van der Waals surface area contributed by atoms with Gasteiger partial charge in [0.05, 0.1) is 11.4 Å². The van der Waals surface area contributed by atoms with E-state index in [4.69, 9.17) is 0 Å². The van der Waals surface area contributed by atoms with E-state index in [0.717, 1.165) is 24.5 Å². The number of fused-ring (bicyclic) bond motifs is 2. The molecule has 0 unspecified atom stereocenters. The van der Waals surface area contributed by atoms with Crippen LogP contribution < -0.4 is 10.6 Å². The van der Waals surface area contributed by atoms with Crippen molar-refractivity contribution < 1.29 is 0 Å². The second-order valence-electron chi connectivity index (χ2n) is 8.30. The highest BCUT2D eigenvalue weighted by Gasteiger charge is 2.24. The fourth-order valence-electron chi connectivity index (χ4n) is 4.54. The van der Waals surface area contributed by atoms with Gasteiger partial charge in [-0.15, -0.1) is 0 Å². The van der Waals surface area contributed by atoms with Gasteiger partial charge in [0.2, 0.25) is 0 Å². The Morgan fingerprint density at radius 3 is 1.53 bits per heavy atom. The number of hydrogen-bond acceptors (Lipinski definition) is 4. The SMILES string of the molecule is c1ccc2cc(CN[C@@H]3CCCC[C@H]3NCc3cc4ccccc4cn3)ncc2c1. The van der Waals surface area contributed by atoms with Crippen molar-refractivity contribution in [2.45, 2.75) is 50.9 Å². The summed E-state index contributed by atoms with van der Waals surface area (Å²) in [6, 6.07) is 22.2. The maximum absolute atomic E-state index is 4.65. The second kappa shape index (κ2) is 8.90. The van der Waals surface area contributed by atoms with E-state index in [1.807, 2.05) is 12.4 Å². The van der Waals surface area contributed by atoms with Gasteiger partial charge in [0.1, 0.15) is 0 Å². The van der Waals surface area contributed by atoms with Gasteiger partial charge in [0.15, 0.2) is 0 Å². The topological polar surface area (TPSA) is 49.8 Å². The molecule has 4 nitrogen and oxygen atoms in total. The molecule has 2 aromatic carbocycles. The predicted molar refractivity (Wildman–Crippen MR) is 123 cm³/mol. The molecule has 0 saturated heterocycles. The number of hydrogen-bond donors (Lipinski definition) is 2. The summed E-state index contributed by atoms with van der Waals surface area (Å²) >= 11 is 0. The molecule has 30 heavy (non-hydrogen) atoms. The van der Waals surface area contributed by atoms with E-state index in [-0.39, 0.29) is 0 Å². The second-order valence-corrected chi connectivity index (χ2v) is 8.30. The van der Waals surface area contributed by atoms with E-state index in [0.29, 0.717) is 12.1 Å². The van der Waals surface area contributed by atoms with Crippen LogP contribution in [0.2, 0.25) is 0 Å². The molecule has 1 aliphatic rings. The summed E-state index contributed by atoms with van der Waals surface area (Å²) in [6.07, 6.45) is 8.94. The van der Waals surface area contributed by atoms with Crippen LogP contribution in [-0.4, -0.2) is 22.1 Å². The van der Waals surface area contributed by atoms with E-state index < -0.39 is 0 Å². The number of nitrogens with one attached hydrogen (secondary N) is 2. The van der Waals surface area contributed by atoms with E-state index >= 15 is 0 Å². The van der Waals surface area contributed by atoms with Crippen LogP contribution in [-0.2, 0) is 13.1 Å². The van der Waals surface area contributed by atoms with Gasteiger partial charge >= 0.3 is 0 Å². The van der Waals surface area contributed by atoms with Gasteiger partial charge in [0, 0.05) is 48.3 Å². The Balaban J connectivity index is 1.22. The lowest BCUT2D eigenvalue weighted by molar-refractivity contribution is 0.280. The van der Waals surface area contributed by atoms with Crippen LogP contribution in [0.1, 0.15) is 37.1 Å². The summed E-state index contributed by atoms with van der Waals surface area (Å²) in [7, 11) is 0. The number of nitrogens with zero attached hydrogens (tertiary/aromatic N) is 2. The summed E-state index contributed by atoms with van der Waals surface area (Å²) in [5.74, 6) is 0. The lowest BCUT2D eigenvalue weighted by Gasteiger charge is -2.33. The summed E-state index contributed by atoms with van der Waals surface area (Å²) in [4.78, 5) is 9.29. The first kappa shape index (κ1) is 19.2. The lowest BCUT2D eigenvalue weighted by Crippen LogP contribution is -2.49. The third kappa shape index (κ3) is 4.35. The molecular weight excluding hydrogens is 368 g/mol. The Morgan fingerprint density at radius 1 is 0.633 bits per heavy atom. The Kier molecular flexibility index (Phi) is 5.69. The first-order valence-corrected chi connectivity index (χ1v) is 11.0. The van der Waals surface area contributed by atoms with Crippen molar-refractivity contribution in [1.82, 2.24) is 20.6 Å². The van der Waals surface area contributed by atoms with Gasteiger partial charge in [-0.25, -0.2) is 0 Å². The van der Waals surface area contributed by atoms with Crippen molar-refractivity contribution in [2.75, 3.05) is 0 Å². The summed E-state index contributed by atoms with van der Waals surface area (Å²) < 4.78 is 0. The van der Waals surface area contributed by atoms with Gasteiger partial charge in [0.25, 0.3) is 0 Å². The summed E-state index contributed by atoms with van der Waals surface area (Å²) in [6.45, 7) is 1.61. The minimum atomic E-state index is 0.465. The number of benzene rings is 2. The molecule has 152 valence electrons. The first-order valence-electron chi connectivity index (χ1n) is 11.0. The molecule has 2 heterocycles. The summed E-state index contributed by atoms with van der Waals surface area (Å²) in [5.41, 5.74) is 2.21. The monoisotopic (exact) mass is 396 g/mol. The van der Waals surface area contributed by atoms with Crippen molar-refractivity contribution in [3.8, 4) is 0 Å². The molecule has 1 aliphatic carbocycles. The molecule has 5 rings (SSSR count). The molecule has 0 bridgehead atoms. The molecule has 0 radical (unpaired) electrons. The molecule has 0 spiro atoms. The average Bonchev–Trinajstić information content (AvgIpc) is 2.81. The molecule has 2 aromatic heterocycles. The molecule has 1 fully saturated rings. The third-order valence-corrected chi connectivity index (χ3v) is 6.23. The van der Waals surface area contributed by atoms with E-state index in [1.165, 1.54) is 47.2 Å². The van der Waals surface area contributed by atoms with E-state index in [2.05, 4.69) is 81.3 Å². The Labute approximate surface area is 177 Å². The van der Waals surface area contributed by atoms with Crippen LogP contribution >= 0.6 is 0 Å². The highest BCUT2D eigenvalue weighted by molar-refractivity contribution is 5.82. The van der Waals surface area contributed by atoms with Gasteiger partial charge in [-0.05, 0) is 35.7 Å². The summed E-state index contributed by atoms with van der Waals surface area (Å²) in [5, 5.41) is 12.4. The van der Waals surface area contributed by atoms with Crippen LogP contribution in [0.15, 0.2) is 73.1 Å². The van der Waals surface area contributed by atoms with Crippen LogP contribution in [0.25, 0.3) is 21.5 Å². The number of pyridine rings is 2. The zero-order chi connectivity index (χ0) is 20.2. The lowest BCUT2D eigenvalue weighted by atomic mass is 9.90. The average molecular weight is 397 g/mol. The van der Waals surface area contributed by atoms with Gasteiger partial charge in [-0.2, -0.15) is 0 Å². The highest BCUT2D eigenvalue weighted by atomic mass is 15.0. The number of rotatable bonds is 6. The van der Waals surface area contributed by atoms with E-state index in [1.54, 1.807) is 0 Å². The zero-order valence-electron chi connectivity index (χ0n) is 17.2. The molecule has 0 aliphatic heterocycles. The standard InChI is InChI=1S/C26H28N4/c1-3-9-21-15-27-23(13-19(21)7-1)17-29-25-11-5-6-12-26(25)30-18-24-14-20-8-2-4-10-22(20)16-28-24/h1-4,7-10,13-16,25-26,29-30H,5-6,11-12,17-18H2/t25-,26-/m1/s1. The molecule has 2 atom stereocenters. The Bertz CT molecular complexity index is 1050. The quantitative estimate of drug-likeness (QED) is 0.483. The van der Waals surface area contributed by atoms with Crippen molar-refractivity contribution in [2.24, 2.45) is 0 Å². The maximum atomic E-state index is 4.65. The molecule has 4 aromatic rings. The Hall–Kier alpha value is -2.82. The van der Waals surface area contributed by atoms with Crippen molar-refractivity contribution in [3.05, 3.63) is 84.4 Å². The minimum absolute atomic E-state index is 0.465. The third-order valence-electron chi connectivity index (χ3n) is 6.23. The fraction of sp³-hybridized carbons (Fsp3) is 0.308. The highest BCUT2D eigenvalue weighted by Crippen LogP contribution is 2.21. The van der Waals surface area contributed by atoms with Gasteiger partial charge in [-0.1, -0.05) is 61.4 Å². The predicted octanol–water partition coefficient (Wildman–Crippen LogP) is 4.97. The molecule has 1 saturated carbocycles. The van der Waals surface area contributed by atoms with Crippen molar-refractivity contribution in [3.63, 3.8) is 0 Å².